The molecule has 0 radical (unpaired) electrons. The van der Waals surface area contributed by atoms with E-state index in [2.05, 4.69) is 20.7 Å². The number of pyridine rings is 1. The van der Waals surface area contributed by atoms with E-state index in [9.17, 15) is 18.0 Å². The largest absolute Gasteiger partial charge is 0.416 e. The second kappa shape index (κ2) is 10.7. The smallest absolute Gasteiger partial charge is 0.309 e. The van der Waals surface area contributed by atoms with Gasteiger partial charge in [-0.25, -0.2) is 4.98 Å². The highest BCUT2D eigenvalue weighted by atomic mass is 19.4. The molecule has 2 aromatic heterocycles. The van der Waals surface area contributed by atoms with E-state index in [1.807, 2.05) is 56.6 Å². The van der Waals surface area contributed by atoms with Crippen LogP contribution in [0, 0.1) is 0 Å². The molecule has 2 unspecified atom stereocenters. The minimum absolute atomic E-state index is 0.122. The van der Waals surface area contributed by atoms with Crippen LogP contribution in [0.5, 0.6) is 0 Å². The van der Waals surface area contributed by atoms with E-state index < -0.39 is 17.8 Å². The summed E-state index contributed by atoms with van der Waals surface area (Å²) >= 11 is 0. The van der Waals surface area contributed by atoms with Gasteiger partial charge in [0.2, 0.25) is 5.91 Å². The number of alkyl halides is 3. The van der Waals surface area contributed by atoms with Crippen molar-refractivity contribution in [3.8, 4) is 11.1 Å². The number of aromatic nitrogens is 3. The normalized spacial score (nSPS) is 13.2. The first kappa shape index (κ1) is 25.1. The number of hydrogen-bond donors (Lipinski definition) is 2. The molecule has 0 saturated heterocycles. The first-order valence-corrected chi connectivity index (χ1v) is 11.4. The summed E-state index contributed by atoms with van der Waals surface area (Å²) in [6.45, 7) is 2.28. The lowest BCUT2D eigenvalue weighted by molar-refractivity contribution is -0.137. The van der Waals surface area contributed by atoms with Crippen LogP contribution in [0.25, 0.3) is 11.1 Å². The van der Waals surface area contributed by atoms with Crippen LogP contribution in [0.15, 0.2) is 85.3 Å². The van der Waals surface area contributed by atoms with Crippen molar-refractivity contribution in [3.05, 3.63) is 102 Å². The zero-order chi connectivity index (χ0) is 25.7. The summed E-state index contributed by atoms with van der Waals surface area (Å²) < 4.78 is 40.3. The Balaban J connectivity index is 1.45. The molecule has 186 valence electrons. The Labute approximate surface area is 207 Å². The molecule has 2 N–H and O–H groups in total. The molecular weight excluding hydrogens is 467 g/mol. The van der Waals surface area contributed by atoms with E-state index in [1.165, 1.54) is 12.1 Å². The first-order valence-electron chi connectivity index (χ1n) is 11.4. The second-order valence-corrected chi connectivity index (χ2v) is 8.60. The Hall–Kier alpha value is -3.98. The van der Waals surface area contributed by atoms with E-state index in [4.69, 9.17) is 0 Å². The number of rotatable bonds is 8. The highest BCUT2D eigenvalue weighted by Gasteiger charge is 2.30. The first-order chi connectivity index (χ1) is 17.2. The van der Waals surface area contributed by atoms with Crippen molar-refractivity contribution in [3.63, 3.8) is 0 Å². The fourth-order valence-corrected chi connectivity index (χ4v) is 3.83. The molecule has 0 bridgehead atoms. The summed E-state index contributed by atoms with van der Waals surface area (Å²) in [5.41, 5.74) is 2.63. The molecule has 1 amide bonds. The van der Waals surface area contributed by atoms with Gasteiger partial charge in [0.15, 0.2) is 0 Å². The van der Waals surface area contributed by atoms with Crippen molar-refractivity contribution in [2.45, 2.75) is 25.1 Å². The maximum atomic E-state index is 13.2. The molecule has 2 atom stereocenters. The fraction of sp³-hybridized carbons (Fsp3) is 0.222. The van der Waals surface area contributed by atoms with Crippen molar-refractivity contribution < 1.29 is 18.0 Å². The summed E-state index contributed by atoms with van der Waals surface area (Å²) in [4.78, 5) is 17.6. The van der Waals surface area contributed by atoms with E-state index in [0.29, 0.717) is 12.4 Å². The van der Waals surface area contributed by atoms with E-state index in [1.54, 1.807) is 23.1 Å². The summed E-state index contributed by atoms with van der Waals surface area (Å²) in [5.74, 6) is -0.00297. The van der Waals surface area contributed by atoms with Crippen LogP contribution in [-0.4, -0.2) is 27.2 Å². The Morgan fingerprint density at radius 3 is 2.25 bits per heavy atom. The molecule has 9 heteroatoms. The lowest BCUT2D eigenvalue weighted by Gasteiger charge is -2.21. The topological polar surface area (TPSA) is 71.8 Å². The van der Waals surface area contributed by atoms with Crippen LogP contribution in [0.2, 0.25) is 0 Å². The predicted octanol–water partition coefficient (Wildman–Crippen LogP) is 5.57. The number of aryl methyl sites for hydroxylation is 1. The molecule has 0 aliphatic heterocycles. The van der Waals surface area contributed by atoms with Gasteiger partial charge < -0.3 is 10.6 Å². The average molecular weight is 494 g/mol. The van der Waals surface area contributed by atoms with Crippen molar-refractivity contribution in [2.75, 3.05) is 11.9 Å². The molecule has 4 rings (SSSR count). The van der Waals surface area contributed by atoms with Crippen LogP contribution >= 0.6 is 0 Å². The molecule has 0 saturated carbocycles. The molecule has 0 fully saturated rings. The Kier molecular flexibility index (Phi) is 7.49. The van der Waals surface area contributed by atoms with Gasteiger partial charge in [0.25, 0.3) is 0 Å². The second-order valence-electron chi connectivity index (χ2n) is 8.60. The number of hydrogen-bond acceptors (Lipinski definition) is 4. The van der Waals surface area contributed by atoms with Crippen LogP contribution < -0.4 is 10.6 Å². The average Bonchev–Trinajstić information content (AvgIpc) is 3.31. The number of halogens is 3. The number of carbonyl (C=O) groups is 1. The summed E-state index contributed by atoms with van der Waals surface area (Å²) in [6.07, 6.45) is 0.913. The van der Waals surface area contributed by atoms with Crippen LogP contribution in [0.3, 0.4) is 0 Å². The van der Waals surface area contributed by atoms with Crippen LogP contribution in [0.4, 0.5) is 19.0 Å². The Morgan fingerprint density at radius 2 is 1.67 bits per heavy atom. The summed E-state index contributed by atoms with van der Waals surface area (Å²) in [7, 11) is 1.83. The third kappa shape index (κ3) is 6.17. The van der Waals surface area contributed by atoms with Crippen molar-refractivity contribution >= 4 is 11.7 Å². The molecule has 2 heterocycles. The van der Waals surface area contributed by atoms with Gasteiger partial charge in [-0.05, 0) is 41.3 Å². The van der Waals surface area contributed by atoms with E-state index in [-0.39, 0.29) is 11.8 Å². The number of nitrogens with zero attached hydrogens (tertiary/aromatic N) is 3. The van der Waals surface area contributed by atoms with Crippen LogP contribution in [-0.2, 0) is 18.0 Å². The van der Waals surface area contributed by atoms with E-state index in [0.717, 1.165) is 34.4 Å². The zero-order valence-electron chi connectivity index (χ0n) is 19.8. The third-order valence-electron chi connectivity index (χ3n) is 5.88. The quantitative estimate of drug-likeness (QED) is 0.337. The van der Waals surface area contributed by atoms with Gasteiger partial charge in [0.1, 0.15) is 11.9 Å². The van der Waals surface area contributed by atoms with Gasteiger partial charge in [-0.3, -0.25) is 9.48 Å². The minimum Gasteiger partial charge on any atom is -0.309 e. The molecule has 36 heavy (non-hydrogen) atoms. The maximum Gasteiger partial charge on any atom is 0.416 e. The maximum absolute atomic E-state index is 13.2. The molecule has 0 aliphatic carbocycles. The van der Waals surface area contributed by atoms with Gasteiger partial charge in [0.05, 0.1) is 11.8 Å². The SMILES string of the molecule is CC(CNC(C(=O)Nc1ccc(-c2cnn(C)c2)cn1)c1ccccc1)c1ccc(C(F)(F)F)cc1. The highest BCUT2D eigenvalue weighted by molar-refractivity contribution is 5.95. The van der Waals surface area contributed by atoms with Crippen LogP contribution in [0.1, 0.15) is 35.6 Å². The van der Waals surface area contributed by atoms with Gasteiger partial charge in [-0.1, -0.05) is 49.4 Å². The predicted molar refractivity (Wildman–Crippen MR) is 132 cm³/mol. The standard InChI is InChI=1S/C27H26F3N5O/c1-18(19-8-11-23(12-9-19)27(28,29)30)14-32-25(20-6-4-3-5-7-20)26(36)34-24-13-10-21(15-31-24)22-16-33-35(2)17-22/h3-13,15-18,25,32H,14H2,1-2H3,(H,31,34,36). The number of carbonyl (C=O) groups excluding carboxylic acids is 1. The molecule has 2 aromatic carbocycles. The molecular formula is C27H26F3N5O. The fourth-order valence-electron chi connectivity index (χ4n) is 3.83. The van der Waals surface area contributed by atoms with E-state index >= 15 is 0 Å². The zero-order valence-corrected chi connectivity index (χ0v) is 19.8. The summed E-state index contributed by atoms with van der Waals surface area (Å²) in [6, 6.07) is 17.3. The molecule has 0 spiro atoms. The highest BCUT2D eigenvalue weighted by Crippen LogP contribution is 2.30. The van der Waals surface area contributed by atoms with Crippen molar-refractivity contribution in [2.24, 2.45) is 7.05 Å². The number of benzene rings is 2. The molecule has 4 aromatic rings. The lowest BCUT2D eigenvalue weighted by Crippen LogP contribution is -2.35. The van der Waals surface area contributed by atoms with Crippen molar-refractivity contribution in [1.29, 1.82) is 0 Å². The van der Waals surface area contributed by atoms with Gasteiger partial charge >= 0.3 is 6.18 Å². The Morgan fingerprint density at radius 1 is 0.944 bits per heavy atom. The number of amides is 1. The Bertz CT molecular complexity index is 1290. The number of nitrogens with one attached hydrogen (secondary N) is 2. The van der Waals surface area contributed by atoms with Crippen molar-refractivity contribution in [1.82, 2.24) is 20.1 Å². The van der Waals surface area contributed by atoms with Gasteiger partial charge in [0, 0.05) is 37.1 Å². The molecule has 0 aliphatic rings. The number of anilines is 1. The molecule has 6 nitrogen and oxygen atoms in total. The third-order valence-corrected chi connectivity index (χ3v) is 5.88. The van der Waals surface area contributed by atoms with Gasteiger partial charge in [-0.2, -0.15) is 18.3 Å². The lowest BCUT2D eigenvalue weighted by atomic mass is 9.98. The monoisotopic (exact) mass is 493 g/mol. The summed E-state index contributed by atoms with van der Waals surface area (Å²) in [5, 5.41) is 10.3. The minimum atomic E-state index is -4.37. The van der Waals surface area contributed by atoms with Gasteiger partial charge in [-0.15, -0.1) is 0 Å².